The van der Waals surface area contributed by atoms with Crippen LogP contribution in [0.25, 0.3) is 0 Å². The van der Waals surface area contributed by atoms with Crippen molar-refractivity contribution in [1.82, 2.24) is 9.80 Å². The smallest absolute Gasteiger partial charge is 0.320 e. The topological polar surface area (TPSA) is 26.8 Å². The number of piperazine rings is 1. The average Bonchev–Trinajstić information content (AvgIpc) is 2.46. The van der Waals surface area contributed by atoms with Gasteiger partial charge in [0, 0.05) is 45.0 Å². The summed E-state index contributed by atoms with van der Waals surface area (Å²) in [7, 11) is 0. The molecular formula is C17H25N3O. The van der Waals surface area contributed by atoms with Crippen LogP contribution in [0.4, 0.5) is 10.5 Å². The van der Waals surface area contributed by atoms with E-state index in [1.807, 2.05) is 9.80 Å². The van der Waals surface area contributed by atoms with E-state index in [0.29, 0.717) is 5.92 Å². The van der Waals surface area contributed by atoms with Crippen molar-refractivity contribution in [3.63, 3.8) is 0 Å². The molecule has 0 atom stereocenters. The van der Waals surface area contributed by atoms with Crippen LogP contribution in [0.5, 0.6) is 0 Å². The van der Waals surface area contributed by atoms with E-state index in [-0.39, 0.29) is 6.03 Å². The number of amides is 2. The highest BCUT2D eigenvalue weighted by Gasteiger charge is 2.28. The van der Waals surface area contributed by atoms with Gasteiger partial charge in [0.2, 0.25) is 0 Å². The Morgan fingerprint density at radius 2 is 1.48 bits per heavy atom. The first-order valence-electron chi connectivity index (χ1n) is 8.04. The molecule has 0 saturated carbocycles. The van der Waals surface area contributed by atoms with Crippen molar-refractivity contribution in [2.45, 2.75) is 26.2 Å². The van der Waals surface area contributed by atoms with E-state index in [1.54, 1.807) is 0 Å². The third-order valence-corrected chi connectivity index (χ3v) is 4.60. The highest BCUT2D eigenvalue weighted by Crippen LogP contribution is 2.21. The van der Waals surface area contributed by atoms with Crippen LogP contribution in [0.2, 0.25) is 0 Å². The number of likely N-dealkylation sites (tertiary alicyclic amines) is 1. The van der Waals surface area contributed by atoms with E-state index >= 15 is 0 Å². The van der Waals surface area contributed by atoms with E-state index in [1.165, 1.54) is 11.3 Å². The minimum Gasteiger partial charge on any atom is -0.368 e. The van der Waals surface area contributed by atoms with Crippen molar-refractivity contribution < 1.29 is 4.79 Å². The highest BCUT2D eigenvalue weighted by atomic mass is 16.2. The molecule has 1 aromatic carbocycles. The fourth-order valence-electron chi connectivity index (χ4n) is 2.93. The summed E-state index contributed by atoms with van der Waals surface area (Å²) in [6, 6.07) is 9.09. The van der Waals surface area contributed by atoms with E-state index < -0.39 is 0 Å². The summed E-state index contributed by atoms with van der Waals surface area (Å²) in [6.07, 6.45) is 1.16. The zero-order chi connectivity index (χ0) is 14.8. The number of anilines is 1. The van der Waals surface area contributed by atoms with Crippen LogP contribution in [0.1, 0.15) is 31.7 Å². The van der Waals surface area contributed by atoms with Crippen molar-refractivity contribution in [1.29, 1.82) is 0 Å². The van der Waals surface area contributed by atoms with Crippen LogP contribution in [-0.4, -0.2) is 55.1 Å². The van der Waals surface area contributed by atoms with Crippen molar-refractivity contribution in [3.05, 3.63) is 29.8 Å². The second kappa shape index (κ2) is 5.96. The standard InChI is InChI=1S/C17H25N3O/c1-14(2)15-4-6-16(7-5-15)18-10-12-20(13-11-18)17(21)19-8-3-9-19/h4-7,14H,3,8-13H2,1-2H3. The van der Waals surface area contributed by atoms with Crippen LogP contribution in [0.15, 0.2) is 24.3 Å². The van der Waals surface area contributed by atoms with E-state index in [4.69, 9.17) is 0 Å². The molecule has 2 amide bonds. The molecule has 114 valence electrons. The van der Waals surface area contributed by atoms with Gasteiger partial charge < -0.3 is 14.7 Å². The van der Waals surface area contributed by atoms with E-state index in [0.717, 1.165) is 45.7 Å². The third kappa shape index (κ3) is 2.99. The summed E-state index contributed by atoms with van der Waals surface area (Å²) in [6.45, 7) is 9.85. The molecule has 2 saturated heterocycles. The minimum absolute atomic E-state index is 0.232. The van der Waals surface area contributed by atoms with Gasteiger partial charge in [-0.3, -0.25) is 0 Å². The maximum absolute atomic E-state index is 12.2. The molecule has 2 fully saturated rings. The molecule has 0 aliphatic carbocycles. The van der Waals surface area contributed by atoms with Gasteiger partial charge in [-0.2, -0.15) is 0 Å². The molecule has 3 rings (SSSR count). The lowest BCUT2D eigenvalue weighted by Gasteiger charge is -2.41. The fourth-order valence-corrected chi connectivity index (χ4v) is 2.93. The zero-order valence-electron chi connectivity index (χ0n) is 13.1. The number of benzene rings is 1. The number of rotatable bonds is 2. The molecule has 0 spiro atoms. The SMILES string of the molecule is CC(C)c1ccc(N2CCN(C(=O)N3CCC3)CC2)cc1. The van der Waals surface area contributed by atoms with Crippen LogP contribution in [-0.2, 0) is 0 Å². The molecular weight excluding hydrogens is 262 g/mol. The van der Waals surface area contributed by atoms with Crippen molar-refractivity contribution in [2.75, 3.05) is 44.2 Å². The normalized spacial score (nSPS) is 18.9. The summed E-state index contributed by atoms with van der Waals surface area (Å²) in [5.41, 5.74) is 2.65. The van der Waals surface area contributed by atoms with Crippen molar-refractivity contribution in [2.24, 2.45) is 0 Å². The molecule has 0 unspecified atom stereocenters. The van der Waals surface area contributed by atoms with Gasteiger partial charge in [-0.15, -0.1) is 0 Å². The molecule has 2 heterocycles. The Morgan fingerprint density at radius 3 is 1.95 bits per heavy atom. The van der Waals surface area contributed by atoms with Gasteiger partial charge in [0.25, 0.3) is 0 Å². The Hall–Kier alpha value is -1.71. The van der Waals surface area contributed by atoms with Gasteiger partial charge in [-0.25, -0.2) is 4.79 Å². The van der Waals surface area contributed by atoms with Crippen molar-refractivity contribution in [3.8, 4) is 0 Å². The van der Waals surface area contributed by atoms with Gasteiger partial charge in [-0.1, -0.05) is 26.0 Å². The Labute approximate surface area is 127 Å². The minimum atomic E-state index is 0.232. The number of hydrogen-bond donors (Lipinski definition) is 0. The Balaban J connectivity index is 1.56. The molecule has 2 aliphatic rings. The fraction of sp³-hybridized carbons (Fsp3) is 0.588. The Morgan fingerprint density at radius 1 is 0.905 bits per heavy atom. The molecule has 1 aromatic rings. The van der Waals surface area contributed by atoms with Crippen LogP contribution >= 0.6 is 0 Å². The van der Waals surface area contributed by atoms with Gasteiger partial charge in [0.05, 0.1) is 0 Å². The van der Waals surface area contributed by atoms with E-state index in [2.05, 4.69) is 43.0 Å². The van der Waals surface area contributed by atoms with Gasteiger partial charge in [0.15, 0.2) is 0 Å². The second-order valence-electron chi connectivity index (χ2n) is 6.34. The summed E-state index contributed by atoms with van der Waals surface area (Å²) in [5, 5.41) is 0. The molecule has 0 aromatic heterocycles. The summed E-state index contributed by atoms with van der Waals surface area (Å²) < 4.78 is 0. The number of hydrogen-bond acceptors (Lipinski definition) is 2. The molecule has 4 nitrogen and oxygen atoms in total. The third-order valence-electron chi connectivity index (χ3n) is 4.60. The molecule has 0 N–H and O–H groups in total. The molecule has 21 heavy (non-hydrogen) atoms. The largest absolute Gasteiger partial charge is 0.368 e. The van der Waals surface area contributed by atoms with Gasteiger partial charge in [-0.05, 0) is 30.0 Å². The lowest BCUT2D eigenvalue weighted by Crippen LogP contribution is -2.55. The summed E-state index contributed by atoms with van der Waals surface area (Å²) >= 11 is 0. The first kappa shape index (κ1) is 14.2. The first-order chi connectivity index (χ1) is 10.1. The average molecular weight is 287 g/mol. The second-order valence-corrected chi connectivity index (χ2v) is 6.34. The highest BCUT2D eigenvalue weighted by molar-refractivity contribution is 5.75. The predicted octanol–water partition coefficient (Wildman–Crippen LogP) is 2.76. The first-order valence-corrected chi connectivity index (χ1v) is 8.04. The number of carbonyl (C=O) groups excluding carboxylic acids is 1. The number of urea groups is 1. The summed E-state index contributed by atoms with van der Waals surface area (Å²) in [5.74, 6) is 0.574. The molecule has 4 heteroatoms. The monoisotopic (exact) mass is 287 g/mol. The maximum Gasteiger partial charge on any atom is 0.320 e. The molecule has 2 aliphatic heterocycles. The van der Waals surface area contributed by atoms with Crippen LogP contribution in [0.3, 0.4) is 0 Å². The van der Waals surface area contributed by atoms with Gasteiger partial charge in [0.1, 0.15) is 0 Å². The van der Waals surface area contributed by atoms with Crippen LogP contribution < -0.4 is 4.90 Å². The zero-order valence-corrected chi connectivity index (χ0v) is 13.1. The Bertz CT molecular complexity index is 485. The molecule has 0 radical (unpaired) electrons. The quantitative estimate of drug-likeness (QED) is 0.836. The molecule has 0 bridgehead atoms. The lowest BCUT2D eigenvalue weighted by molar-refractivity contribution is 0.124. The van der Waals surface area contributed by atoms with Crippen molar-refractivity contribution >= 4 is 11.7 Å². The maximum atomic E-state index is 12.2. The Kier molecular flexibility index (Phi) is 4.04. The number of carbonyl (C=O) groups is 1. The lowest BCUT2D eigenvalue weighted by atomic mass is 10.0. The van der Waals surface area contributed by atoms with Gasteiger partial charge >= 0.3 is 6.03 Å². The predicted molar refractivity (Wildman–Crippen MR) is 85.9 cm³/mol. The summed E-state index contributed by atoms with van der Waals surface area (Å²) in [4.78, 5) is 18.5. The van der Waals surface area contributed by atoms with Crippen LogP contribution in [0, 0.1) is 0 Å². The van der Waals surface area contributed by atoms with E-state index in [9.17, 15) is 4.79 Å². The number of nitrogens with zero attached hydrogens (tertiary/aromatic N) is 3.